The van der Waals surface area contributed by atoms with E-state index in [0.29, 0.717) is 11.4 Å². The average Bonchev–Trinajstić information content (AvgIpc) is 2.58. The fourth-order valence-corrected chi connectivity index (χ4v) is 1.96. The molecule has 0 unspecified atom stereocenters. The highest BCUT2D eigenvalue weighted by Crippen LogP contribution is 2.15. The molecule has 0 heterocycles. The summed E-state index contributed by atoms with van der Waals surface area (Å²) in [6, 6.07) is 13.4. The topological polar surface area (TPSA) is 85.2 Å². The molecule has 0 aliphatic heterocycles. The van der Waals surface area contributed by atoms with Gasteiger partial charge in [0.2, 0.25) is 0 Å². The largest absolute Gasteiger partial charge is 0.482 e. The number of rotatable bonds is 7. The molecular weight excluding hydrogens is 322 g/mol. The molecule has 0 fully saturated rings. The standard InChI is InChI=1S/C19H19NO5/c1-13(2)25-18(21)12-24-17-8-6-14(7-9-17)11-20-16-5-3-4-15(10-16)19(22)23/h3-11,13H,12H2,1-2H3,(H,22,23). The summed E-state index contributed by atoms with van der Waals surface area (Å²) < 4.78 is 10.3. The summed E-state index contributed by atoms with van der Waals surface area (Å²) in [4.78, 5) is 26.6. The number of esters is 1. The summed E-state index contributed by atoms with van der Waals surface area (Å²) in [5.41, 5.74) is 1.56. The van der Waals surface area contributed by atoms with Crippen molar-refractivity contribution in [2.45, 2.75) is 20.0 Å². The van der Waals surface area contributed by atoms with Crippen molar-refractivity contribution in [1.29, 1.82) is 0 Å². The molecule has 1 N–H and O–H groups in total. The number of carboxylic acid groups (broad SMARTS) is 1. The zero-order chi connectivity index (χ0) is 18.2. The van der Waals surface area contributed by atoms with Crippen molar-refractivity contribution in [1.82, 2.24) is 0 Å². The van der Waals surface area contributed by atoms with Crippen molar-refractivity contribution in [3.63, 3.8) is 0 Å². The van der Waals surface area contributed by atoms with Gasteiger partial charge in [-0.1, -0.05) is 6.07 Å². The maximum absolute atomic E-state index is 11.4. The Kier molecular flexibility index (Phi) is 6.28. The number of carbonyl (C=O) groups is 2. The molecule has 0 saturated carbocycles. The van der Waals surface area contributed by atoms with Crippen molar-refractivity contribution in [3.8, 4) is 5.75 Å². The molecule has 6 heteroatoms. The Morgan fingerprint density at radius 3 is 2.52 bits per heavy atom. The Hall–Kier alpha value is -3.15. The zero-order valence-corrected chi connectivity index (χ0v) is 14.0. The van der Waals surface area contributed by atoms with Crippen LogP contribution in [0.15, 0.2) is 53.5 Å². The molecule has 2 rings (SSSR count). The average molecular weight is 341 g/mol. The Labute approximate surface area is 145 Å². The molecule has 0 aliphatic carbocycles. The van der Waals surface area contributed by atoms with Crippen molar-refractivity contribution in [3.05, 3.63) is 59.7 Å². The van der Waals surface area contributed by atoms with Gasteiger partial charge in [-0.2, -0.15) is 0 Å². The first-order chi connectivity index (χ1) is 11.9. The number of aliphatic imine (C=N–C) groups is 1. The lowest BCUT2D eigenvalue weighted by molar-refractivity contribution is -0.149. The third-order valence-electron chi connectivity index (χ3n) is 3.06. The van der Waals surface area contributed by atoms with Crippen molar-refractivity contribution in [2.75, 3.05) is 6.61 Å². The smallest absolute Gasteiger partial charge is 0.344 e. The van der Waals surface area contributed by atoms with Crippen LogP contribution in [0.1, 0.15) is 29.8 Å². The van der Waals surface area contributed by atoms with E-state index in [2.05, 4.69) is 4.99 Å². The van der Waals surface area contributed by atoms with Gasteiger partial charge in [0.25, 0.3) is 0 Å². The van der Waals surface area contributed by atoms with Crippen LogP contribution < -0.4 is 4.74 Å². The molecule has 0 atom stereocenters. The van der Waals surface area contributed by atoms with E-state index in [0.717, 1.165) is 5.56 Å². The Morgan fingerprint density at radius 2 is 1.88 bits per heavy atom. The van der Waals surface area contributed by atoms with Crippen molar-refractivity contribution < 1.29 is 24.2 Å². The van der Waals surface area contributed by atoms with Gasteiger partial charge in [-0.15, -0.1) is 0 Å². The minimum atomic E-state index is -0.991. The second-order valence-corrected chi connectivity index (χ2v) is 5.51. The van der Waals surface area contributed by atoms with E-state index in [1.54, 1.807) is 56.5 Å². The fraction of sp³-hybridized carbons (Fsp3) is 0.211. The van der Waals surface area contributed by atoms with E-state index in [1.165, 1.54) is 12.1 Å². The molecule has 2 aromatic carbocycles. The number of ether oxygens (including phenoxy) is 2. The predicted molar refractivity (Wildman–Crippen MR) is 93.8 cm³/mol. The van der Waals surface area contributed by atoms with Gasteiger partial charge >= 0.3 is 11.9 Å². The summed E-state index contributed by atoms with van der Waals surface area (Å²) >= 11 is 0. The molecule has 6 nitrogen and oxygen atoms in total. The second kappa shape index (κ2) is 8.63. The molecule has 0 saturated heterocycles. The Bertz CT molecular complexity index is 766. The van der Waals surface area contributed by atoms with Crippen LogP contribution in [0, 0.1) is 0 Å². The van der Waals surface area contributed by atoms with Gasteiger partial charge in [-0.3, -0.25) is 4.99 Å². The second-order valence-electron chi connectivity index (χ2n) is 5.51. The first-order valence-corrected chi connectivity index (χ1v) is 7.74. The summed E-state index contributed by atoms with van der Waals surface area (Å²) in [5, 5.41) is 8.96. The molecule has 0 aliphatic rings. The molecule has 2 aromatic rings. The molecule has 0 amide bonds. The lowest BCUT2D eigenvalue weighted by Crippen LogP contribution is -2.18. The van der Waals surface area contributed by atoms with Gasteiger partial charge in [0.05, 0.1) is 17.4 Å². The van der Waals surface area contributed by atoms with E-state index < -0.39 is 11.9 Å². The number of nitrogens with zero attached hydrogens (tertiary/aromatic N) is 1. The van der Waals surface area contributed by atoms with Crippen LogP contribution in [-0.4, -0.2) is 36.0 Å². The van der Waals surface area contributed by atoms with Gasteiger partial charge in [0.15, 0.2) is 6.61 Å². The monoisotopic (exact) mass is 341 g/mol. The highest BCUT2D eigenvalue weighted by atomic mass is 16.6. The van der Waals surface area contributed by atoms with Crippen LogP contribution in [0.2, 0.25) is 0 Å². The zero-order valence-electron chi connectivity index (χ0n) is 14.0. The summed E-state index contributed by atoms with van der Waals surface area (Å²) in [6.45, 7) is 3.41. The fourth-order valence-electron chi connectivity index (χ4n) is 1.96. The minimum Gasteiger partial charge on any atom is -0.482 e. The van der Waals surface area contributed by atoms with Crippen LogP contribution in [0.4, 0.5) is 5.69 Å². The number of hydrogen-bond acceptors (Lipinski definition) is 5. The highest BCUT2D eigenvalue weighted by Gasteiger charge is 2.06. The van der Waals surface area contributed by atoms with Crippen LogP contribution in [-0.2, 0) is 9.53 Å². The molecular formula is C19H19NO5. The number of benzene rings is 2. The van der Waals surface area contributed by atoms with Crippen molar-refractivity contribution in [2.24, 2.45) is 4.99 Å². The number of hydrogen-bond donors (Lipinski definition) is 1. The minimum absolute atomic E-state index is 0.145. The van der Waals surface area contributed by atoms with Gasteiger partial charge in [0, 0.05) is 6.21 Å². The quantitative estimate of drug-likeness (QED) is 0.616. The summed E-state index contributed by atoms with van der Waals surface area (Å²) in [7, 11) is 0. The first-order valence-electron chi connectivity index (χ1n) is 7.74. The number of carbonyl (C=O) groups excluding carboxylic acids is 1. The van der Waals surface area contributed by atoms with E-state index in [9.17, 15) is 9.59 Å². The number of carboxylic acids is 1. The third-order valence-corrected chi connectivity index (χ3v) is 3.06. The lowest BCUT2D eigenvalue weighted by atomic mass is 10.2. The molecule has 0 bridgehead atoms. The van der Waals surface area contributed by atoms with E-state index in [-0.39, 0.29) is 18.3 Å². The van der Waals surface area contributed by atoms with Crippen LogP contribution >= 0.6 is 0 Å². The van der Waals surface area contributed by atoms with Gasteiger partial charge in [-0.25, -0.2) is 9.59 Å². The Balaban J connectivity index is 1.95. The van der Waals surface area contributed by atoms with Crippen LogP contribution in [0.3, 0.4) is 0 Å². The van der Waals surface area contributed by atoms with Crippen molar-refractivity contribution >= 4 is 23.8 Å². The molecule has 0 radical (unpaired) electrons. The van der Waals surface area contributed by atoms with E-state index in [4.69, 9.17) is 14.6 Å². The highest BCUT2D eigenvalue weighted by molar-refractivity contribution is 5.89. The van der Waals surface area contributed by atoms with Gasteiger partial charge < -0.3 is 14.6 Å². The van der Waals surface area contributed by atoms with Crippen LogP contribution in [0.25, 0.3) is 0 Å². The van der Waals surface area contributed by atoms with E-state index in [1.807, 2.05) is 0 Å². The number of aromatic carboxylic acids is 1. The van der Waals surface area contributed by atoms with Gasteiger partial charge in [0.1, 0.15) is 5.75 Å². The van der Waals surface area contributed by atoms with Crippen LogP contribution in [0.5, 0.6) is 5.75 Å². The van der Waals surface area contributed by atoms with E-state index >= 15 is 0 Å². The molecule has 130 valence electrons. The maximum atomic E-state index is 11.4. The third kappa shape index (κ3) is 6.10. The predicted octanol–water partition coefficient (Wildman–Crippen LogP) is 3.47. The lowest BCUT2D eigenvalue weighted by Gasteiger charge is -2.09. The Morgan fingerprint density at radius 1 is 1.16 bits per heavy atom. The molecule has 25 heavy (non-hydrogen) atoms. The van der Waals surface area contributed by atoms with Gasteiger partial charge in [-0.05, 0) is 61.9 Å². The molecule has 0 aromatic heterocycles. The normalized spacial score (nSPS) is 10.8. The first kappa shape index (κ1) is 18.2. The summed E-state index contributed by atoms with van der Waals surface area (Å²) in [6.07, 6.45) is 1.45. The SMILES string of the molecule is CC(C)OC(=O)COc1ccc(C=Nc2cccc(C(=O)O)c2)cc1. The molecule has 0 spiro atoms. The summed E-state index contributed by atoms with van der Waals surface area (Å²) in [5.74, 6) is -0.862. The maximum Gasteiger partial charge on any atom is 0.344 e.